The van der Waals surface area contributed by atoms with Gasteiger partial charge in [0.05, 0.1) is 10.2 Å². The minimum atomic E-state index is -0.00159. The summed E-state index contributed by atoms with van der Waals surface area (Å²) in [5, 5.41) is 3.43. The number of fused-ring (bicyclic) bond motifs is 1. The van der Waals surface area contributed by atoms with Gasteiger partial charge in [0.15, 0.2) is 0 Å². The standard InChI is InChI=1S/C17H17BrN2S/c1-17(2,3)20-15-9-12(18)16-13(19-15)10-14(21-16)11-7-5-4-6-8-11/h4-10H,1-3H3,(H,19,20). The molecule has 0 unspecified atom stereocenters. The summed E-state index contributed by atoms with van der Waals surface area (Å²) >= 11 is 5.44. The molecule has 0 amide bonds. The number of hydrogen-bond acceptors (Lipinski definition) is 3. The van der Waals surface area contributed by atoms with Crippen molar-refractivity contribution >= 4 is 43.3 Å². The lowest BCUT2D eigenvalue weighted by Gasteiger charge is -2.21. The molecule has 0 saturated heterocycles. The summed E-state index contributed by atoms with van der Waals surface area (Å²) in [4.78, 5) is 5.98. The second-order valence-electron chi connectivity index (χ2n) is 6.06. The lowest BCUT2D eigenvalue weighted by atomic mass is 10.1. The second-order valence-corrected chi connectivity index (χ2v) is 7.96. The summed E-state index contributed by atoms with van der Waals surface area (Å²) in [6.07, 6.45) is 0. The summed E-state index contributed by atoms with van der Waals surface area (Å²) in [5.74, 6) is 0.902. The van der Waals surface area contributed by atoms with E-state index < -0.39 is 0 Å². The minimum absolute atomic E-state index is 0.00159. The van der Waals surface area contributed by atoms with E-state index in [1.807, 2.05) is 6.07 Å². The average Bonchev–Trinajstić information content (AvgIpc) is 2.82. The van der Waals surface area contributed by atoms with Crippen molar-refractivity contribution in [1.29, 1.82) is 0 Å². The number of benzene rings is 1. The third-order valence-corrected chi connectivity index (χ3v) is 5.09. The zero-order valence-corrected chi connectivity index (χ0v) is 14.7. The molecule has 1 aromatic carbocycles. The van der Waals surface area contributed by atoms with Crippen molar-refractivity contribution in [3.8, 4) is 10.4 Å². The van der Waals surface area contributed by atoms with Crippen molar-refractivity contribution in [3.05, 3.63) is 46.9 Å². The van der Waals surface area contributed by atoms with Crippen molar-refractivity contribution in [2.45, 2.75) is 26.3 Å². The van der Waals surface area contributed by atoms with Crippen LogP contribution >= 0.6 is 27.3 Å². The maximum Gasteiger partial charge on any atom is 0.128 e. The van der Waals surface area contributed by atoms with E-state index in [4.69, 9.17) is 4.98 Å². The van der Waals surface area contributed by atoms with Gasteiger partial charge in [-0.15, -0.1) is 11.3 Å². The fourth-order valence-electron chi connectivity index (χ4n) is 2.18. The molecule has 2 nitrogen and oxygen atoms in total. The van der Waals surface area contributed by atoms with Crippen molar-refractivity contribution in [2.75, 3.05) is 5.32 Å². The van der Waals surface area contributed by atoms with Gasteiger partial charge < -0.3 is 5.32 Å². The highest BCUT2D eigenvalue weighted by molar-refractivity contribution is 9.10. The fourth-order valence-corrected chi connectivity index (χ4v) is 3.85. The Morgan fingerprint density at radius 2 is 1.81 bits per heavy atom. The first-order valence-corrected chi connectivity index (χ1v) is 8.47. The highest BCUT2D eigenvalue weighted by Gasteiger charge is 2.14. The zero-order valence-electron chi connectivity index (χ0n) is 12.3. The van der Waals surface area contributed by atoms with Crippen molar-refractivity contribution < 1.29 is 0 Å². The monoisotopic (exact) mass is 360 g/mol. The van der Waals surface area contributed by atoms with Gasteiger partial charge in [-0.1, -0.05) is 30.3 Å². The maximum atomic E-state index is 4.74. The Kier molecular flexibility index (Phi) is 3.76. The van der Waals surface area contributed by atoms with Gasteiger partial charge in [0.1, 0.15) is 5.82 Å². The number of rotatable bonds is 2. The van der Waals surface area contributed by atoms with Gasteiger partial charge in [-0.25, -0.2) is 4.98 Å². The molecule has 2 heterocycles. The number of pyridine rings is 1. The third kappa shape index (κ3) is 3.27. The molecule has 108 valence electrons. The van der Waals surface area contributed by atoms with Crippen LogP contribution in [0.2, 0.25) is 0 Å². The van der Waals surface area contributed by atoms with E-state index in [9.17, 15) is 0 Å². The maximum absolute atomic E-state index is 4.74. The molecule has 3 aromatic rings. The molecule has 0 radical (unpaired) electrons. The highest BCUT2D eigenvalue weighted by atomic mass is 79.9. The van der Waals surface area contributed by atoms with E-state index >= 15 is 0 Å². The largest absolute Gasteiger partial charge is 0.365 e. The zero-order chi connectivity index (χ0) is 15.0. The van der Waals surface area contributed by atoms with Gasteiger partial charge in [0, 0.05) is 14.9 Å². The molecule has 4 heteroatoms. The smallest absolute Gasteiger partial charge is 0.128 e. The van der Waals surface area contributed by atoms with Crippen LogP contribution in [-0.4, -0.2) is 10.5 Å². The molecule has 2 aromatic heterocycles. The van der Waals surface area contributed by atoms with Gasteiger partial charge in [-0.2, -0.15) is 0 Å². The molecular formula is C17H17BrN2S. The number of nitrogens with one attached hydrogen (secondary N) is 1. The molecule has 0 aliphatic carbocycles. The normalized spacial score (nSPS) is 11.8. The number of halogens is 1. The Morgan fingerprint density at radius 1 is 1.10 bits per heavy atom. The molecule has 3 rings (SSSR count). The van der Waals surface area contributed by atoms with Crippen LogP contribution in [-0.2, 0) is 0 Å². The van der Waals surface area contributed by atoms with Crippen LogP contribution in [0, 0.1) is 0 Å². The van der Waals surface area contributed by atoms with Crippen molar-refractivity contribution in [1.82, 2.24) is 4.98 Å². The molecule has 0 fully saturated rings. The van der Waals surface area contributed by atoms with Crippen LogP contribution in [0.5, 0.6) is 0 Å². The summed E-state index contributed by atoms with van der Waals surface area (Å²) in [6, 6.07) is 14.6. The van der Waals surface area contributed by atoms with E-state index in [0.717, 1.165) is 15.8 Å². The second kappa shape index (κ2) is 5.43. The predicted octanol–water partition coefficient (Wildman–Crippen LogP) is 5.94. The van der Waals surface area contributed by atoms with E-state index in [1.165, 1.54) is 15.1 Å². The highest BCUT2D eigenvalue weighted by Crippen LogP contribution is 2.37. The van der Waals surface area contributed by atoms with Crippen LogP contribution in [0.3, 0.4) is 0 Å². The SMILES string of the molecule is CC(C)(C)Nc1cc(Br)c2sc(-c3ccccc3)cc2n1. The van der Waals surface area contributed by atoms with Crippen molar-refractivity contribution in [3.63, 3.8) is 0 Å². The molecule has 0 aliphatic heterocycles. The molecule has 0 atom stereocenters. The number of aromatic nitrogens is 1. The van der Waals surface area contributed by atoms with Crippen LogP contribution in [0.1, 0.15) is 20.8 Å². The number of anilines is 1. The van der Waals surface area contributed by atoms with Crippen molar-refractivity contribution in [2.24, 2.45) is 0 Å². The number of thiophene rings is 1. The molecule has 21 heavy (non-hydrogen) atoms. The lowest BCUT2D eigenvalue weighted by molar-refractivity contribution is 0.631. The molecule has 0 spiro atoms. The molecule has 0 aliphatic rings. The summed E-state index contributed by atoms with van der Waals surface area (Å²) < 4.78 is 2.28. The topological polar surface area (TPSA) is 24.9 Å². The minimum Gasteiger partial charge on any atom is -0.365 e. The Balaban J connectivity index is 2.07. The fraction of sp³-hybridized carbons (Fsp3) is 0.235. The van der Waals surface area contributed by atoms with Crippen LogP contribution < -0.4 is 5.32 Å². The number of nitrogens with zero attached hydrogens (tertiary/aromatic N) is 1. The Labute approximate surface area is 137 Å². The average molecular weight is 361 g/mol. The first kappa shape index (κ1) is 14.5. The predicted molar refractivity (Wildman–Crippen MR) is 96.1 cm³/mol. The summed E-state index contributed by atoms with van der Waals surface area (Å²) in [5.41, 5.74) is 2.26. The first-order valence-electron chi connectivity index (χ1n) is 6.86. The third-order valence-electron chi connectivity index (χ3n) is 3.00. The van der Waals surface area contributed by atoms with Gasteiger partial charge in [-0.3, -0.25) is 0 Å². The Morgan fingerprint density at radius 3 is 2.48 bits per heavy atom. The molecule has 0 bridgehead atoms. The van der Waals surface area contributed by atoms with E-state index in [1.54, 1.807) is 11.3 Å². The summed E-state index contributed by atoms with van der Waals surface area (Å²) in [6.45, 7) is 6.40. The van der Waals surface area contributed by atoms with Gasteiger partial charge in [-0.05, 0) is 54.4 Å². The van der Waals surface area contributed by atoms with Crippen LogP contribution in [0.25, 0.3) is 20.7 Å². The summed E-state index contributed by atoms with van der Waals surface area (Å²) in [7, 11) is 0. The quantitative estimate of drug-likeness (QED) is 0.611. The van der Waals surface area contributed by atoms with Gasteiger partial charge in [0.2, 0.25) is 0 Å². The van der Waals surface area contributed by atoms with Gasteiger partial charge in [0.25, 0.3) is 0 Å². The molecule has 0 saturated carbocycles. The number of hydrogen-bond donors (Lipinski definition) is 1. The van der Waals surface area contributed by atoms with Crippen LogP contribution in [0.4, 0.5) is 5.82 Å². The lowest BCUT2D eigenvalue weighted by Crippen LogP contribution is -2.26. The van der Waals surface area contributed by atoms with Crippen LogP contribution in [0.15, 0.2) is 46.9 Å². The first-order chi connectivity index (χ1) is 9.92. The molecule has 1 N–H and O–H groups in total. The molecular weight excluding hydrogens is 344 g/mol. The van der Waals surface area contributed by atoms with E-state index in [2.05, 4.69) is 78.4 Å². The Bertz CT molecular complexity index is 773. The van der Waals surface area contributed by atoms with E-state index in [0.29, 0.717) is 0 Å². The van der Waals surface area contributed by atoms with E-state index in [-0.39, 0.29) is 5.54 Å². The Hall–Kier alpha value is -1.39. The van der Waals surface area contributed by atoms with Gasteiger partial charge >= 0.3 is 0 Å².